The summed E-state index contributed by atoms with van der Waals surface area (Å²) in [5.74, 6) is -1.00. The minimum absolute atomic E-state index is 0.0806. The SMILES string of the molecule is COCCN1C(=O)N(C)C2(C1=O)C(=O)N(C/C=C/C1=CC(Cl)C(Cl)C=C1)c1ccccc12. The van der Waals surface area contributed by atoms with Gasteiger partial charge in [0.05, 0.1) is 29.6 Å². The molecule has 1 aromatic carbocycles. The Hall–Kier alpha value is -2.61. The van der Waals surface area contributed by atoms with Crippen LogP contribution in [0.2, 0.25) is 0 Å². The number of fused-ring (bicyclic) bond motifs is 2. The Morgan fingerprint density at radius 2 is 1.81 bits per heavy atom. The van der Waals surface area contributed by atoms with Crippen molar-refractivity contribution in [3.63, 3.8) is 0 Å². The summed E-state index contributed by atoms with van der Waals surface area (Å²) < 4.78 is 5.03. The van der Waals surface area contributed by atoms with E-state index in [4.69, 9.17) is 27.9 Å². The van der Waals surface area contributed by atoms with Crippen molar-refractivity contribution in [1.82, 2.24) is 9.80 Å². The van der Waals surface area contributed by atoms with Crippen molar-refractivity contribution >= 4 is 46.7 Å². The topological polar surface area (TPSA) is 70.2 Å². The molecule has 3 unspecified atom stereocenters. The standard InChI is InChI=1S/C23H23Cl2N3O4/c1-26-22(31)28(12-13-32-2)21(30)23(26)16-7-3-4-8-19(16)27(20(23)29)11-5-6-15-9-10-17(24)18(25)14-15/h3-10,14,17-18H,11-13H2,1-2H3/b6-5+. The first-order chi connectivity index (χ1) is 15.3. The number of ether oxygens (including phenoxy) is 1. The zero-order valence-corrected chi connectivity index (χ0v) is 19.2. The monoisotopic (exact) mass is 475 g/mol. The summed E-state index contributed by atoms with van der Waals surface area (Å²) in [5.41, 5.74) is 0.285. The first kappa shape index (κ1) is 22.6. The largest absolute Gasteiger partial charge is 0.383 e. The zero-order chi connectivity index (χ0) is 23.0. The minimum Gasteiger partial charge on any atom is -0.383 e. The summed E-state index contributed by atoms with van der Waals surface area (Å²) in [6, 6.07) is 6.55. The van der Waals surface area contributed by atoms with Crippen LogP contribution in [0.1, 0.15) is 5.56 Å². The van der Waals surface area contributed by atoms with E-state index in [0.717, 1.165) is 10.5 Å². The minimum atomic E-state index is -1.70. The normalized spacial score (nSPS) is 27.3. The molecule has 1 aromatic rings. The first-order valence-corrected chi connectivity index (χ1v) is 11.1. The summed E-state index contributed by atoms with van der Waals surface area (Å²) >= 11 is 12.3. The summed E-state index contributed by atoms with van der Waals surface area (Å²) in [4.78, 5) is 43.9. The summed E-state index contributed by atoms with van der Waals surface area (Å²) in [6.45, 7) is 0.502. The lowest BCUT2D eigenvalue weighted by atomic mass is 9.90. The lowest BCUT2D eigenvalue weighted by molar-refractivity contribution is -0.141. The molecule has 4 rings (SSSR count). The second kappa shape index (κ2) is 8.73. The van der Waals surface area contributed by atoms with Gasteiger partial charge in [-0.3, -0.25) is 14.5 Å². The van der Waals surface area contributed by atoms with E-state index < -0.39 is 23.4 Å². The molecule has 2 aliphatic heterocycles. The summed E-state index contributed by atoms with van der Waals surface area (Å²) in [7, 11) is 2.98. The van der Waals surface area contributed by atoms with Gasteiger partial charge in [0.2, 0.25) is 5.54 Å². The smallest absolute Gasteiger partial charge is 0.328 e. The number of likely N-dealkylation sites (N-methyl/N-ethyl adjacent to an activating group) is 1. The van der Waals surface area contributed by atoms with Gasteiger partial charge in [-0.15, -0.1) is 23.2 Å². The van der Waals surface area contributed by atoms with Gasteiger partial charge in [-0.05, 0) is 11.6 Å². The lowest BCUT2D eigenvalue weighted by Gasteiger charge is -2.27. The fourth-order valence-electron chi connectivity index (χ4n) is 4.32. The number of hydrogen-bond donors (Lipinski definition) is 0. The maximum atomic E-state index is 13.7. The maximum Gasteiger partial charge on any atom is 0.328 e. The van der Waals surface area contributed by atoms with Crippen LogP contribution in [-0.2, 0) is 19.9 Å². The fourth-order valence-corrected chi connectivity index (χ4v) is 4.70. The number of benzene rings is 1. The molecular weight excluding hydrogens is 453 g/mol. The molecule has 9 heteroatoms. The number of methoxy groups -OCH3 is 1. The molecule has 32 heavy (non-hydrogen) atoms. The van der Waals surface area contributed by atoms with Crippen molar-refractivity contribution in [3.05, 3.63) is 65.8 Å². The van der Waals surface area contributed by atoms with E-state index in [1.807, 2.05) is 30.4 Å². The van der Waals surface area contributed by atoms with E-state index in [1.165, 1.54) is 24.0 Å². The van der Waals surface area contributed by atoms with E-state index in [9.17, 15) is 14.4 Å². The lowest BCUT2D eigenvalue weighted by Crippen LogP contribution is -2.53. The molecule has 0 bridgehead atoms. The van der Waals surface area contributed by atoms with Crippen LogP contribution < -0.4 is 4.90 Å². The van der Waals surface area contributed by atoms with Gasteiger partial charge in [0, 0.05) is 26.3 Å². The molecule has 1 spiro atoms. The Labute approximate surface area is 196 Å². The third kappa shape index (κ3) is 3.36. The van der Waals surface area contributed by atoms with Crippen LogP contribution in [0.5, 0.6) is 0 Å². The Morgan fingerprint density at radius 1 is 1.09 bits per heavy atom. The number of anilines is 1. The fraction of sp³-hybridized carbons (Fsp3) is 0.348. The molecule has 2 heterocycles. The number of carbonyl (C=O) groups is 3. The van der Waals surface area contributed by atoms with Crippen LogP contribution in [0.3, 0.4) is 0 Å². The van der Waals surface area contributed by atoms with Gasteiger partial charge in [-0.1, -0.05) is 48.6 Å². The van der Waals surface area contributed by atoms with Gasteiger partial charge in [0.25, 0.3) is 11.8 Å². The average Bonchev–Trinajstić information content (AvgIpc) is 3.14. The van der Waals surface area contributed by atoms with E-state index in [2.05, 4.69) is 0 Å². The molecule has 7 nitrogen and oxygen atoms in total. The molecule has 3 atom stereocenters. The number of amides is 4. The highest BCUT2D eigenvalue weighted by Gasteiger charge is 2.66. The van der Waals surface area contributed by atoms with Crippen LogP contribution in [0.15, 0.2) is 60.2 Å². The molecule has 0 saturated carbocycles. The van der Waals surface area contributed by atoms with Gasteiger partial charge in [0.15, 0.2) is 0 Å². The molecular formula is C23H23Cl2N3O4. The molecule has 3 aliphatic rings. The van der Waals surface area contributed by atoms with Crippen molar-refractivity contribution in [3.8, 4) is 0 Å². The van der Waals surface area contributed by atoms with Gasteiger partial charge in [0.1, 0.15) is 0 Å². The Balaban J connectivity index is 1.65. The highest BCUT2D eigenvalue weighted by Crippen LogP contribution is 2.47. The van der Waals surface area contributed by atoms with Crippen molar-refractivity contribution in [2.45, 2.75) is 16.3 Å². The van der Waals surface area contributed by atoms with Gasteiger partial charge < -0.3 is 14.5 Å². The van der Waals surface area contributed by atoms with Crippen molar-refractivity contribution < 1.29 is 19.1 Å². The number of nitrogens with zero attached hydrogens (tertiary/aromatic N) is 3. The molecule has 0 N–H and O–H groups in total. The van der Waals surface area contributed by atoms with E-state index in [0.29, 0.717) is 11.3 Å². The van der Waals surface area contributed by atoms with E-state index >= 15 is 0 Å². The third-order valence-corrected chi connectivity index (χ3v) is 6.90. The summed E-state index contributed by atoms with van der Waals surface area (Å²) in [6.07, 6.45) is 9.21. The number of hydrogen-bond acceptors (Lipinski definition) is 4. The number of halogens is 2. The predicted octanol–water partition coefficient (Wildman–Crippen LogP) is 3.04. The number of imide groups is 1. The predicted molar refractivity (Wildman–Crippen MR) is 123 cm³/mol. The van der Waals surface area contributed by atoms with Crippen LogP contribution in [-0.4, -0.2) is 72.3 Å². The maximum absolute atomic E-state index is 13.7. The number of carbonyl (C=O) groups excluding carboxylic acids is 3. The number of allylic oxidation sites excluding steroid dienone is 5. The zero-order valence-electron chi connectivity index (χ0n) is 17.7. The average molecular weight is 476 g/mol. The number of rotatable bonds is 6. The molecule has 1 fully saturated rings. The van der Waals surface area contributed by atoms with Crippen LogP contribution in [0.4, 0.5) is 10.5 Å². The number of urea groups is 1. The van der Waals surface area contributed by atoms with Crippen LogP contribution >= 0.6 is 23.2 Å². The van der Waals surface area contributed by atoms with Crippen molar-refractivity contribution in [2.75, 3.05) is 38.8 Å². The second-order valence-corrected chi connectivity index (χ2v) is 8.76. The quantitative estimate of drug-likeness (QED) is 0.360. The molecule has 4 amide bonds. The van der Waals surface area contributed by atoms with Crippen LogP contribution in [0, 0.1) is 0 Å². The second-order valence-electron chi connectivity index (χ2n) is 7.75. The highest BCUT2D eigenvalue weighted by atomic mass is 35.5. The number of alkyl halides is 2. The molecule has 1 aliphatic carbocycles. The van der Waals surface area contributed by atoms with Crippen LogP contribution in [0.25, 0.3) is 0 Å². The summed E-state index contributed by atoms with van der Waals surface area (Å²) in [5, 5.41) is -0.573. The Morgan fingerprint density at radius 3 is 2.53 bits per heavy atom. The molecule has 0 aromatic heterocycles. The van der Waals surface area contributed by atoms with Crippen molar-refractivity contribution in [2.24, 2.45) is 0 Å². The van der Waals surface area contributed by atoms with Crippen molar-refractivity contribution in [1.29, 1.82) is 0 Å². The Bertz CT molecular complexity index is 1050. The Kier molecular flexibility index (Phi) is 6.16. The first-order valence-electron chi connectivity index (χ1n) is 10.2. The van der Waals surface area contributed by atoms with Gasteiger partial charge in [-0.25, -0.2) is 4.79 Å². The van der Waals surface area contributed by atoms with Gasteiger partial charge >= 0.3 is 6.03 Å². The van der Waals surface area contributed by atoms with Gasteiger partial charge in [-0.2, -0.15) is 0 Å². The molecule has 1 saturated heterocycles. The van der Waals surface area contributed by atoms with E-state index in [1.54, 1.807) is 24.3 Å². The number of para-hydroxylation sites is 1. The molecule has 168 valence electrons. The highest BCUT2D eigenvalue weighted by molar-refractivity contribution is 6.32. The van der Waals surface area contributed by atoms with E-state index in [-0.39, 0.29) is 30.5 Å². The third-order valence-electron chi connectivity index (χ3n) is 5.96. The molecule has 0 radical (unpaired) electrons.